The number of aromatic amines is 2. The van der Waals surface area contributed by atoms with E-state index in [-0.39, 0.29) is 18.0 Å². The van der Waals surface area contributed by atoms with Gasteiger partial charge in [0.2, 0.25) is 0 Å². The molecule has 1 aliphatic rings. The number of hydrogen-bond acceptors (Lipinski definition) is 5. The zero-order valence-corrected chi connectivity index (χ0v) is 15.2. The van der Waals surface area contributed by atoms with E-state index in [0.717, 1.165) is 10.0 Å². The summed E-state index contributed by atoms with van der Waals surface area (Å²) in [4.78, 5) is 41.5. The van der Waals surface area contributed by atoms with Gasteiger partial charge in [0.1, 0.15) is 5.82 Å². The molecule has 2 aromatic rings. The Morgan fingerprint density at radius 1 is 1.28 bits per heavy atom. The van der Waals surface area contributed by atoms with E-state index in [9.17, 15) is 14.4 Å². The molecule has 8 heteroatoms. The van der Waals surface area contributed by atoms with Gasteiger partial charge in [0.05, 0.1) is 23.7 Å². The average Bonchev–Trinajstić information content (AvgIpc) is 2.53. The number of ether oxygens (including phenoxy) is 1. The molecular formula is C17H16BrN3O4. The zero-order valence-electron chi connectivity index (χ0n) is 13.6. The molecule has 1 unspecified atom stereocenters. The van der Waals surface area contributed by atoms with Crippen LogP contribution in [0, 0.1) is 0 Å². The summed E-state index contributed by atoms with van der Waals surface area (Å²) < 4.78 is 5.99. The van der Waals surface area contributed by atoms with Crippen LogP contribution in [0.3, 0.4) is 0 Å². The Labute approximate surface area is 151 Å². The van der Waals surface area contributed by atoms with E-state index in [4.69, 9.17) is 4.74 Å². The Balaban J connectivity index is 2.30. The molecule has 0 saturated heterocycles. The highest BCUT2D eigenvalue weighted by molar-refractivity contribution is 9.10. The Bertz CT molecular complexity index is 990. The lowest BCUT2D eigenvalue weighted by Gasteiger charge is -2.28. The second kappa shape index (κ2) is 6.72. The fourth-order valence-corrected chi connectivity index (χ4v) is 3.40. The molecule has 3 N–H and O–H groups in total. The van der Waals surface area contributed by atoms with Gasteiger partial charge in [-0.05, 0) is 31.5 Å². The first-order valence-corrected chi connectivity index (χ1v) is 8.48. The van der Waals surface area contributed by atoms with Crippen LogP contribution < -0.4 is 16.6 Å². The summed E-state index contributed by atoms with van der Waals surface area (Å²) in [5, 5.41) is 2.94. The molecule has 1 aliphatic heterocycles. The minimum atomic E-state index is -0.659. The van der Waals surface area contributed by atoms with Crippen molar-refractivity contribution < 1.29 is 9.53 Å². The van der Waals surface area contributed by atoms with Gasteiger partial charge in [0.15, 0.2) is 0 Å². The summed E-state index contributed by atoms with van der Waals surface area (Å²) in [7, 11) is 0. The quantitative estimate of drug-likeness (QED) is 0.679. The second-order valence-electron chi connectivity index (χ2n) is 5.57. The van der Waals surface area contributed by atoms with Crippen LogP contribution in [-0.2, 0) is 9.53 Å². The standard InChI is InChI=1S/C17H16BrN3O4/c1-3-25-16(23)11-8(2)19-14-13(15(22)21-17(24)20-14)12(11)9-5-4-6-10(18)7-9/h4-7,12H,3H2,1-2H3,(H3,19,20,21,22,24). The maximum absolute atomic E-state index is 12.5. The third-order valence-electron chi connectivity index (χ3n) is 3.95. The van der Waals surface area contributed by atoms with Crippen LogP contribution in [-0.4, -0.2) is 22.5 Å². The first-order valence-electron chi connectivity index (χ1n) is 7.69. The SMILES string of the molecule is CCOC(=O)C1=C(C)Nc2[nH]c(=O)[nH]c(=O)c2C1c1cccc(Br)c1. The highest BCUT2D eigenvalue weighted by atomic mass is 79.9. The smallest absolute Gasteiger partial charge is 0.336 e. The highest BCUT2D eigenvalue weighted by Gasteiger charge is 2.35. The van der Waals surface area contributed by atoms with E-state index < -0.39 is 23.1 Å². The number of esters is 1. The van der Waals surface area contributed by atoms with Crippen LogP contribution >= 0.6 is 15.9 Å². The molecule has 0 bridgehead atoms. The predicted molar refractivity (Wildman–Crippen MR) is 96.6 cm³/mol. The number of carbonyl (C=O) groups is 1. The van der Waals surface area contributed by atoms with Gasteiger partial charge < -0.3 is 10.1 Å². The Kier molecular flexibility index (Phi) is 4.63. The van der Waals surface area contributed by atoms with Gasteiger partial charge in [0.25, 0.3) is 5.56 Å². The summed E-state index contributed by atoms with van der Waals surface area (Å²) in [6.07, 6.45) is 0. The van der Waals surface area contributed by atoms with E-state index in [1.165, 1.54) is 0 Å². The minimum Gasteiger partial charge on any atom is -0.463 e. The number of benzene rings is 1. The molecule has 0 amide bonds. The summed E-state index contributed by atoms with van der Waals surface area (Å²) >= 11 is 3.41. The van der Waals surface area contributed by atoms with Crippen LogP contribution in [0.2, 0.25) is 0 Å². The van der Waals surface area contributed by atoms with Crippen molar-refractivity contribution in [1.29, 1.82) is 0 Å². The maximum Gasteiger partial charge on any atom is 0.336 e. The normalized spacial score (nSPS) is 16.2. The van der Waals surface area contributed by atoms with Gasteiger partial charge in [-0.3, -0.25) is 14.8 Å². The number of halogens is 1. The van der Waals surface area contributed by atoms with Crippen LogP contribution in [0.15, 0.2) is 49.6 Å². The molecule has 130 valence electrons. The van der Waals surface area contributed by atoms with Crippen LogP contribution in [0.25, 0.3) is 0 Å². The minimum absolute atomic E-state index is 0.218. The van der Waals surface area contributed by atoms with Crippen molar-refractivity contribution in [2.24, 2.45) is 0 Å². The first kappa shape index (κ1) is 17.2. The molecule has 7 nitrogen and oxygen atoms in total. The number of allylic oxidation sites excluding steroid dienone is 1. The van der Waals surface area contributed by atoms with Crippen LogP contribution in [0.5, 0.6) is 0 Å². The van der Waals surface area contributed by atoms with Crippen molar-refractivity contribution in [1.82, 2.24) is 9.97 Å². The van der Waals surface area contributed by atoms with Gasteiger partial charge in [-0.25, -0.2) is 9.59 Å². The van der Waals surface area contributed by atoms with Gasteiger partial charge >= 0.3 is 11.7 Å². The van der Waals surface area contributed by atoms with Gasteiger partial charge in [0, 0.05) is 10.2 Å². The lowest BCUT2D eigenvalue weighted by atomic mass is 9.82. The summed E-state index contributed by atoms with van der Waals surface area (Å²) in [6.45, 7) is 3.64. The number of nitrogens with one attached hydrogen (secondary N) is 3. The van der Waals surface area contributed by atoms with Gasteiger partial charge in [-0.2, -0.15) is 0 Å². The Morgan fingerprint density at radius 2 is 2.04 bits per heavy atom. The molecule has 3 rings (SSSR count). The number of anilines is 1. The predicted octanol–water partition coefficient (Wildman–Crippen LogP) is 2.22. The number of hydrogen-bond donors (Lipinski definition) is 3. The topological polar surface area (TPSA) is 104 Å². The van der Waals surface area contributed by atoms with E-state index in [2.05, 4.69) is 31.2 Å². The summed E-state index contributed by atoms with van der Waals surface area (Å²) in [5.74, 6) is -0.883. The summed E-state index contributed by atoms with van der Waals surface area (Å²) in [6, 6.07) is 7.32. The molecule has 1 atom stereocenters. The average molecular weight is 406 g/mol. The molecule has 0 spiro atoms. The lowest BCUT2D eigenvalue weighted by molar-refractivity contribution is -0.138. The molecular weight excluding hydrogens is 390 g/mol. The molecule has 0 fully saturated rings. The van der Waals surface area contributed by atoms with Gasteiger partial charge in [-0.15, -0.1) is 0 Å². The number of fused-ring (bicyclic) bond motifs is 1. The van der Waals surface area contributed by atoms with Gasteiger partial charge in [-0.1, -0.05) is 28.1 Å². The fraction of sp³-hybridized carbons (Fsp3) is 0.235. The molecule has 2 heterocycles. The van der Waals surface area contributed by atoms with Crippen molar-refractivity contribution in [3.05, 3.63) is 72.0 Å². The molecule has 0 aliphatic carbocycles. The highest BCUT2D eigenvalue weighted by Crippen LogP contribution is 2.39. The number of aromatic nitrogens is 2. The number of carbonyl (C=O) groups excluding carboxylic acids is 1. The number of rotatable bonds is 3. The van der Waals surface area contributed by atoms with Crippen molar-refractivity contribution in [2.75, 3.05) is 11.9 Å². The monoisotopic (exact) mass is 405 g/mol. The van der Waals surface area contributed by atoms with E-state index >= 15 is 0 Å². The van der Waals surface area contributed by atoms with Crippen molar-refractivity contribution in [2.45, 2.75) is 19.8 Å². The lowest BCUT2D eigenvalue weighted by Crippen LogP contribution is -2.35. The Hall–Kier alpha value is -2.61. The zero-order chi connectivity index (χ0) is 18.1. The van der Waals surface area contributed by atoms with Crippen LogP contribution in [0.4, 0.5) is 5.82 Å². The first-order chi connectivity index (χ1) is 11.9. The second-order valence-corrected chi connectivity index (χ2v) is 6.48. The van der Waals surface area contributed by atoms with E-state index in [0.29, 0.717) is 11.3 Å². The summed E-state index contributed by atoms with van der Waals surface area (Å²) in [5.41, 5.74) is 0.702. The van der Waals surface area contributed by atoms with Crippen molar-refractivity contribution in [3.63, 3.8) is 0 Å². The molecule has 25 heavy (non-hydrogen) atoms. The van der Waals surface area contributed by atoms with Crippen molar-refractivity contribution in [3.8, 4) is 0 Å². The third kappa shape index (κ3) is 3.17. The molecule has 0 saturated carbocycles. The Morgan fingerprint density at radius 3 is 2.72 bits per heavy atom. The largest absolute Gasteiger partial charge is 0.463 e. The number of H-pyrrole nitrogens is 2. The molecule has 1 aromatic carbocycles. The van der Waals surface area contributed by atoms with Crippen molar-refractivity contribution >= 4 is 27.7 Å². The van der Waals surface area contributed by atoms with E-state index in [1.54, 1.807) is 13.8 Å². The maximum atomic E-state index is 12.5. The molecule has 1 aromatic heterocycles. The fourth-order valence-electron chi connectivity index (χ4n) is 2.99. The van der Waals surface area contributed by atoms with E-state index in [1.807, 2.05) is 24.3 Å². The van der Waals surface area contributed by atoms with Crippen LogP contribution in [0.1, 0.15) is 30.9 Å². The molecule has 0 radical (unpaired) electrons. The third-order valence-corrected chi connectivity index (χ3v) is 4.44.